The third-order valence-electron chi connectivity index (χ3n) is 3.93. The Morgan fingerprint density at radius 1 is 1.11 bits per heavy atom. The maximum Gasteiger partial charge on any atom is 0.269 e. The second-order valence-electron chi connectivity index (χ2n) is 5.79. The zero-order chi connectivity index (χ0) is 19.0. The van der Waals surface area contributed by atoms with Gasteiger partial charge in [-0.3, -0.25) is 10.1 Å². The minimum atomic E-state index is -0.729. The molecule has 4 aromatic rings. The van der Waals surface area contributed by atoms with Crippen molar-refractivity contribution in [2.45, 2.75) is 12.8 Å². The number of benzene rings is 2. The normalized spacial score (nSPS) is 11.2. The first-order valence-electron chi connectivity index (χ1n) is 7.90. The third-order valence-corrected chi connectivity index (χ3v) is 3.93. The second-order valence-corrected chi connectivity index (χ2v) is 5.79. The highest BCUT2D eigenvalue weighted by atomic mass is 19.1. The first kappa shape index (κ1) is 16.8. The number of nitrogens with one attached hydrogen (secondary N) is 1. The van der Waals surface area contributed by atoms with Crippen LogP contribution in [0.1, 0.15) is 11.6 Å². The van der Waals surface area contributed by atoms with E-state index in [9.17, 15) is 18.9 Å². The molecule has 2 aromatic heterocycles. The highest BCUT2D eigenvalue weighted by Gasteiger charge is 2.13. The molecule has 0 aliphatic heterocycles. The minimum Gasteiger partial charge on any atom is -0.342 e. The summed E-state index contributed by atoms with van der Waals surface area (Å²) in [6.07, 6.45) is 0.732. The molecule has 2 heterocycles. The second kappa shape index (κ2) is 6.56. The van der Waals surface area contributed by atoms with E-state index in [0.29, 0.717) is 30.1 Å². The number of aromatic nitrogens is 4. The Kier molecular flexibility index (Phi) is 4.07. The summed E-state index contributed by atoms with van der Waals surface area (Å²) in [7, 11) is 0. The number of H-pyrrole nitrogens is 1. The Balaban J connectivity index is 1.48. The van der Waals surface area contributed by atoms with E-state index in [-0.39, 0.29) is 22.6 Å². The van der Waals surface area contributed by atoms with Gasteiger partial charge in [0.05, 0.1) is 10.4 Å². The number of aromatic amines is 1. The molecule has 0 saturated carbocycles. The molecule has 2 aromatic carbocycles. The Morgan fingerprint density at radius 3 is 2.63 bits per heavy atom. The van der Waals surface area contributed by atoms with Gasteiger partial charge in [-0.25, -0.2) is 13.8 Å². The molecule has 1 N–H and O–H groups in total. The van der Waals surface area contributed by atoms with E-state index in [0.717, 1.165) is 6.07 Å². The number of fused-ring (bicyclic) bond motifs is 1. The molecule has 0 unspecified atom stereocenters. The Bertz CT molecular complexity index is 1140. The van der Waals surface area contributed by atoms with Gasteiger partial charge in [-0.05, 0) is 18.2 Å². The summed E-state index contributed by atoms with van der Waals surface area (Å²) in [5.74, 6) is -0.308. The third kappa shape index (κ3) is 3.36. The average Bonchev–Trinajstić information content (AvgIpc) is 3.27. The van der Waals surface area contributed by atoms with Gasteiger partial charge in [0.25, 0.3) is 11.6 Å². The van der Waals surface area contributed by atoms with E-state index in [4.69, 9.17) is 4.52 Å². The number of hydrogen-bond donors (Lipinski definition) is 1. The molecule has 0 aliphatic carbocycles. The van der Waals surface area contributed by atoms with Crippen LogP contribution in [0, 0.1) is 21.7 Å². The largest absolute Gasteiger partial charge is 0.342 e. The van der Waals surface area contributed by atoms with Gasteiger partial charge >= 0.3 is 0 Å². The van der Waals surface area contributed by atoms with Crippen LogP contribution in [0.2, 0.25) is 0 Å². The number of nitrogens with zero attached hydrogens (tertiary/aromatic N) is 4. The van der Waals surface area contributed by atoms with Crippen molar-refractivity contribution in [1.82, 2.24) is 20.1 Å². The molecular weight excluding hydrogens is 360 g/mol. The van der Waals surface area contributed by atoms with E-state index in [1.165, 1.54) is 30.3 Å². The lowest BCUT2D eigenvalue weighted by Gasteiger charge is -1.94. The number of nitro benzene ring substituents is 1. The predicted molar refractivity (Wildman–Crippen MR) is 89.8 cm³/mol. The fourth-order valence-electron chi connectivity index (χ4n) is 2.64. The summed E-state index contributed by atoms with van der Waals surface area (Å²) in [6, 6.07) is 7.69. The first-order valence-corrected chi connectivity index (χ1v) is 7.90. The molecule has 8 nitrogen and oxygen atoms in total. The maximum atomic E-state index is 13.7. The van der Waals surface area contributed by atoms with Crippen LogP contribution < -0.4 is 0 Å². The van der Waals surface area contributed by atoms with E-state index in [2.05, 4.69) is 20.1 Å². The van der Waals surface area contributed by atoms with Crippen LogP contribution in [0.4, 0.5) is 14.5 Å². The molecule has 0 amide bonds. The Hall–Kier alpha value is -3.69. The van der Waals surface area contributed by atoms with Crippen molar-refractivity contribution in [2.24, 2.45) is 0 Å². The molecule has 0 saturated heterocycles. The van der Waals surface area contributed by atoms with Crippen molar-refractivity contribution in [3.63, 3.8) is 0 Å². The maximum absolute atomic E-state index is 13.7. The summed E-state index contributed by atoms with van der Waals surface area (Å²) in [5.41, 5.74) is 0.876. The van der Waals surface area contributed by atoms with E-state index in [1.54, 1.807) is 0 Å². The van der Waals surface area contributed by atoms with Crippen LogP contribution in [0.15, 0.2) is 40.9 Å². The van der Waals surface area contributed by atoms with Crippen LogP contribution in [-0.2, 0) is 12.8 Å². The monoisotopic (exact) mass is 371 g/mol. The predicted octanol–water partition coefficient (Wildman–Crippen LogP) is 3.58. The summed E-state index contributed by atoms with van der Waals surface area (Å²) in [6.45, 7) is 0. The van der Waals surface area contributed by atoms with Gasteiger partial charge in [-0.15, -0.1) is 0 Å². The van der Waals surface area contributed by atoms with Crippen molar-refractivity contribution in [3.05, 3.63) is 69.8 Å². The topological polar surface area (TPSA) is 111 Å². The highest BCUT2D eigenvalue weighted by Crippen LogP contribution is 2.21. The molecule has 0 atom stereocenters. The zero-order valence-electron chi connectivity index (χ0n) is 13.6. The number of non-ortho nitro benzene ring substituents is 1. The van der Waals surface area contributed by atoms with Gasteiger partial charge in [-0.1, -0.05) is 5.16 Å². The van der Waals surface area contributed by atoms with Crippen molar-refractivity contribution < 1.29 is 18.2 Å². The molecule has 136 valence electrons. The number of imidazole rings is 1. The molecule has 10 heteroatoms. The summed E-state index contributed by atoms with van der Waals surface area (Å²) >= 11 is 0. The fourth-order valence-corrected chi connectivity index (χ4v) is 2.64. The quantitative estimate of drug-likeness (QED) is 0.424. The van der Waals surface area contributed by atoms with Gasteiger partial charge in [0, 0.05) is 36.6 Å². The Morgan fingerprint density at radius 2 is 1.89 bits per heavy atom. The lowest BCUT2D eigenvalue weighted by molar-refractivity contribution is -0.384. The van der Waals surface area contributed by atoms with Gasteiger partial charge in [-0.2, -0.15) is 4.98 Å². The van der Waals surface area contributed by atoms with Gasteiger partial charge in [0.1, 0.15) is 17.2 Å². The fraction of sp³-hybridized carbons (Fsp3) is 0.118. The van der Waals surface area contributed by atoms with Gasteiger partial charge in [0.2, 0.25) is 0 Å². The molecule has 0 fully saturated rings. The number of aryl methyl sites for hydroxylation is 2. The Labute approximate surface area is 150 Å². The van der Waals surface area contributed by atoms with Crippen LogP contribution in [0.3, 0.4) is 0 Å². The molecule has 4 rings (SSSR count). The lowest BCUT2D eigenvalue weighted by atomic mass is 10.2. The number of rotatable bonds is 5. The molecule has 27 heavy (non-hydrogen) atoms. The number of halogens is 2. The van der Waals surface area contributed by atoms with Crippen LogP contribution in [0.5, 0.6) is 0 Å². The molecule has 0 aliphatic rings. The van der Waals surface area contributed by atoms with Crippen molar-refractivity contribution in [2.75, 3.05) is 0 Å². The van der Waals surface area contributed by atoms with E-state index < -0.39 is 16.6 Å². The number of hydrogen-bond acceptors (Lipinski definition) is 6. The van der Waals surface area contributed by atoms with Crippen molar-refractivity contribution in [3.8, 4) is 11.5 Å². The SMILES string of the molecule is O=[N+]([O-])c1ccc(-c2nc(CCc3nc4c(F)cc(F)cc4[nH]3)no2)cc1. The highest BCUT2D eigenvalue weighted by molar-refractivity contribution is 5.75. The minimum absolute atomic E-state index is 0.0351. The van der Waals surface area contributed by atoms with Gasteiger partial charge < -0.3 is 9.51 Å². The van der Waals surface area contributed by atoms with Crippen molar-refractivity contribution >= 4 is 16.7 Å². The smallest absolute Gasteiger partial charge is 0.269 e. The van der Waals surface area contributed by atoms with Gasteiger partial charge in [0.15, 0.2) is 11.6 Å². The van der Waals surface area contributed by atoms with Crippen molar-refractivity contribution in [1.29, 1.82) is 0 Å². The first-order chi connectivity index (χ1) is 13.0. The summed E-state index contributed by atoms with van der Waals surface area (Å²) in [5, 5.41) is 14.5. The van der Waals surface area contributed by atoms with Crippen LogP contribution in [-0.4, -0.2) is 25.0 Å². The van der Waals surface area contributed by atoms with E-state index in [1.807, 2.05) is 0 Å². The molecule has 0 bridgehead atoms. The number of nitro groups is 1. The molecular formula is C17H11F2N5O3. The van der Waals surface area contributed by atoms with E-state index >= 15 is 0 Å². The average molecular weight is 371 g/mol. The van der Waals surface area contributed by atoms with Crippen LogP contribution >= 0.6 is 0 Å². The summed E-state index contributed by atoms with van der Waals surface area (Å²) in [4.78, 5) is 21.4. The molecule has 0 spiro atoms. The standard InChI is InChI=1S/C17H11F2N5O3/c18-10-7-12(19)16-13(8-10)20-14(21-16)5-6-15-22-17(27-23-15)9-1-3-11(4-2-9)24(25)26/h1-4,7-8H,5-6H2,(H,20,21). The zero-order valence-corrected chi connectivity index (χ0v) is 13.6. The molecule has 0 radical (unpaired) electrons. The lowest BCUT2D eigenvalue weighted by Crippen LogP contribution is -1.95. The van der Waals surface area contributed by atoms with Crippen LogP contribution in [0.25, 0.3) is 22.5 Å². The summed E-state index contributed by atoms with van der Waals surface area (Å²) < 4.78 is 32.1.